The summed E-state index contributed by atoms with van der Waals surface area (Å²) < 4.78 is 32.6. The first-order valence-electron chi connectivity index (χ1n) is 4.27. The summed E-state index contributed by atoms with van der Waals surface area (Å²) >= 11 is 5.70. The Kier molecular flexibility index (Phi) is 4.24. The minimum atomic E-state index is -3.08. The van der Waals surface area contributed by atoms with E-state index < -0.39 is 12.6 Å². The molecule has 1 rings (SSSR count). The van der Waals surface area contributed by atoms with Crippen molar-refractivity contribution in [2.45, 2.75) is 6.61 Å². The molecule has 1 aromatic rings. The number of alkyl halides is 2. The van der Waals surface area contributed by atoms with Gasteiger partial charge >= 0.3 is 12.6 Å². The van der Waals surface area contributed by atoms with E-state index in [2.05, 4.69) is 9.47 Å². The second-order valence-corrected chi connectivity index (χ2v) is 3.16. The SMILES string of the molecule is COC(=O)c1c(C#N)ccc(OC(F)F)c1Cl. The Hall–Kier alpha value is -1.87. The molecule has 0 N–H and O–H groups in total. The second-order valence-electron chi connectivity index (χ2n) is 2.78. The van der Waals surface area contributed by atoms with Crippen LogP contribution in [0.3, 0.4) is 0 Å². The van der Waals surface area contributed by atoms with Gasteiger partial charge in [0.25, 0.3) is 0 Å². The molecule has 0 saturated carbocycles. The van der Waals surface area contributed by atoms with E-state index in [1.165, 1.54) is 0 Å². The quantitative estimate of drug-likeness (QED) is 0.785. The van der Waals surface area contributed by atoms with Gasteiger partial charge in [0.15, 0.2) is 0 Å². The van der Waals surface area contributed by atoms with Crippen molar-refractivity contribution in [3.05, 3.63) is 28.3 Å². The molecular weight excluding hydrogens is 256 g/mol. The van der Waals surface area contributed by atoms with E-state index in [-0.39, 0.29) is 21.9 Å². The number of nitriles is 1. The van der Waals surface area contributed by atoms with Crippen LogP contribution in [0.2, 0.25) is 5.02 Å². The summed E-state index contributed by atoms with van der Waals surface area (Å²) in [6.45, 7) is -3.08. The minimum Gasteiger partial charge on any atom is -0.465 e. The van der Waals surface area contributed by atoms with Crippen molar-refractivity contribution in [2.75, 3.05) is 7.11 Å². The molecule has 0 saturated heterocycles. The molecule has 0 bridgehead atoms. The number of halogens is 3. The molecule has 0 atom stereocenters. The highest BCUT2D eigenvalue weighted by atomic mass is 35.5. The Morgan fingerprint density at radius 2 is 2.18 bits per heavy atom. The van der Waals surface area contributed by atoms with Crippen LogP contribution in [0.15, 0.2) is 12.1 Å². The smallest absolute Gasteiger partial charge is 0.387 e. The maximum Gasteiger partial charge on any atom is 0.387 e. The van der Waals surface area contributed by atoms with E-state index in [4.69, 9.17) is 16.9 Å². The first-order valence-corrected chi connectivity index (χ1v) is 4.64. The number of esters is 1. The van der Waals surface area contributed by atoms with Crippen LogP contribution >= 0.6 is 11.6 Å². The van der Waals surface area contributed by atoms with Crippen molar-refractivity contribution in [1.82, 2.24) is 0 Å². The maximum absolute atomic E-state index is 12.0. The van der Waals surface area contributed by atoms with E-state index in [9.17, 15) is 13.6 Å². The number of hydrogen-bond acceptors (Lipinski definition) is 4. The van der Waals surface area contributed by atoms with Gasteiger partial charge in [-0.05, 0) is 12.1 Å². The predicted molar refractivity (Wildman–Crippen MR) is 54.1 cm³/mol. The molecule has 0 aliphatic heterocycles. The largest absolute Gasteiger partial charge is 0.465 e. The summed E-state index contributed by atoms with van der Waals surface area (Å²) in [7, 11) is 1.08. The third-order valence-electron chi connectivity index (χ3n) is 1.83. The lowest BCUT2D eigenvalue weighted by Gasteiger charge is -2.10. The van der Waals surface area contributed by atoms with Crippen molar-refractivity contribution in [2.24, 2.45) is 0 Å². The topological polar surface area (TPSA) is 59.3 Å². The van der Waals surface area contributed by atoms with Gasteiger partial charge in [0.2, 0.25) is 0 Å². The van der Waals surface area contributed by atoms with Crippen LogP contribution in [-0.4, -0.2) is 19.7 Å². The number of carbonyl (C=O) groups is 1. The molecular formula is C10H6ClF2NO3. The number of benzene rings is 1. The van der Waals surface area contributed by atoms with Crippen LogP contribution in [0.5, 0.6) is 5.75 Å². The summed E-state index contributed by atoms with van der Waals surface area (Å²) in [5.41, 5.74) is -0.377. The number of hydrogen-bond donors (Lipinski definition) is 0. The normalized spacial score (nSPS) is 9.88. The van der Waals surface area contributed by atoms with Gasteiger partial charge in [-0.3, -0.25) is 0 Å². The van der Waals surface area contributed by atoms with Crippen molar-refractivity contribution in [1.29, 1.82) is 5.26 Å². The molecule has 0 amide bonds. The molecule has 0 spiro atoms. The highest BCUT2D eigenvalue weighted by Crippen LogP contribution is 2.32. The molecule has 0 fully saturated rings. The molecule has 17 heavy (non-hydrogen) atoms. The maximum atomic E-state index is 12.0. The molecule has 0 aliphatic carbocycles. The zero-order chi connectivity index (χ0) is 13.0. The van der Waals surface area contributed by atoms with Gasteiger partial charge in [0, 0.05) is 0 Å². The lowest BCUT2D eigenvalue weighted by atomic mass is 10.1. The Balaban J connectivity index is 3.33. The van der Waals surface area contributed by atoms with Gasteiger partial charge in [-0.2, -0.15) is 14.0 Å². The van der Waals surface area contributed by atoms with Crippen LogP contribution in [0.25, 0.3) is 0 Å². The fourth-order valence-electron chi connectivity index (χ4n) is 1.14. The van der Waals surface area contributed by atoms with Gasteiger partial charge in [0.1, 0.15) is 11.8 Å². The summed E-state index contributed by atoms with van der Waals surface area (Å²) in [4.78, 5) is 11.4. The molecule has 0 heterocycles. The van der Waals surface area contributed by atoms with Crippen LogP contribution < -0.4 is 4.74 Å². The molecule has 7 heteroatoms. The number of carbonyl (C=O) groups excluding carboxylic acids is 1. The Labute approximate surface area is 100 Å². The molecule has 1 aromatic carbocycles. The van der Waals surface area contributed by atoms with Crippen LogP contribution in [-0.2, 0) is 4.74 Å². The van der Waals surface area contributed by atoms with E-state index in [1.807, 2.05) is 0 Å². The molecule has 4 nitrogen and oxygen atoms in total. The van der Waals surface area contributed by atoms with Crippen molar-refractivity contribution >= 4 is 17.6 Å². The third-order valence-corrected chi connectivity index (χ3v) is 2.21. The molecule has 90 valence electrons. The average Bonchev–Trinajstić information content (AvgIpc) is 2.30. The third kappa shape index (κ3) is 2.82. The Morgan fingerprint density at radius 3 is 2.65 bits per heavy atom. The fourth-order valence-corrected chi connectivity index (χ4v) is 1.43. The van der Waals surface area contributed by atoms with Gasteiger partial charge < -0.3 is 9.47 Å². The summed E-state index contributed by atoms with van der Waals surface area (Å²) in [6, 6.07) is 3.94. The first-order chi connectivity index (χ1) is 8.01. The summed E-state index contributed by atoms with van der Waals surface area (Å²) in [5, 5.41) is 8.38. The zero-order valence-electron chi connectivity index (χ0n) is 8.54. The average molecular weight is 262 g/mol. The predicted octanol–water partition coefficient (Wildman–Crippen LogP) is 2.60. The van der Waals surface area contributed by atoms with Crippen molar-refractivity contribution < 1.29 is 23.0 Å². The number of rotatable bonds is 3. The van der Waals surface area contributed by atoms with Crippen LogP contribution in [0.1, 0.15) is 15.9 Å². The highest BCUT2D eigenvalue weighted by Gasteiger charge is 2.21. The minimum absolute atomic E-state index is 0.0801. The zero-order valence-corrected chi connectivity index (χ0v) is 9.29. The van der Waals surface area contributed by atoms with Gasteiger partial charge in [-0.25, -0.2) is 4.79 Å². The Morgan fingerprint density at radius 1 is 1.53 bits per heavy atom. The fraction of sp³-hybridized carbons (Fsp3) is 0.200. The van der Waals surface area contributed by atoms with Gasteiger partial charge in [-0.15, -0.1) is 0 Å². The van der Waals surface area contributed by atoms with Crippen LogP contribution in [0, 0.1) is 11.3 Å². The monoisotopic (exact) mass is 261 g/mol. The molecule has 0 aromatic heterocycles. The van der Waals surface area contributed by atoms with Gasteiger partial charge in [0.05, 0.1) is 23.3 Å². The van der Waals surface area contributed by atoms with E-state index >= 15 is 0 Å². The van der Waals surface area contributed by atoms with Crippen LogP contribution in [0.4, 0.5) is 8.78 Å². The van der Waals surface area contributed by atoms with Crippen molar-refractivity contribution in [3.8, 4) is 11.8 Å². The number of ether oxygens (including phenoxy) is 2. The first kappa shape index (κ1) is 13.2. The molecule has 0 radical (unpaired) electrons. The van der Waals surface area contributed by atoms with E-state index in [0.29, 0.717) is 0 Å². The molecule has 0 aliphatic rings. The lowest BCUT2D eigenvalue weighted by molar-refractivity contribution is -0.0498. The number of methoxy groups -OCH3 is 1. The summed E-state index contributed by atoms with van der Waals surface area (Å²) in [5.74, 6) is -1.28. The summed E-state index contributed by atoms with van der Waals surface area (Å²) in [6.07, 6.45) is 0. The molecule has 0 unspecified atom stereocenters. The Bertz CT molecular complexity index is 485. The second kappa shape index (κ2) is 5.46. The van der Waals surface area contributed by atoms with Crippen molar-refractivity contribution in [3.63, 3.8) is 0 Å². The van der Waals surface area contributed by atoms with E-state index in [1.54, 1.807) is 6.07 Å². The highest BCUT2D eigenvalue weighted by molar-refractivity contribution is 6.35. The number of nitrogens with zero attached hydrogens (tertiary/aromatic N) is 1. The van der Waals surface area contributed by atoms with E-state index in [0.717, 1.165) is 19.2 Å². The van der Waals surface area contributed by atoms with Gasteiger partial charge in [-0.1, -0.05) is 11.6 Å². The lowest BCUT2D eigenvalue weighted by Crippen LogP contribution is -2.08. The standard InChI is InChI=1S/C10H6ClF2NO3/c1-16-9(15)7-5(4-14)2-3-6(8(7)11)17-10(12)13/h2-3,10H,1H3.